The molecule has 0 aliphatic carbocycles. The van der Waals surface area contributed by atoms with E-state index < -0.39 is 30.1 Å². The van der Waals surface area contributed by atoms with Gasteiger partial charge in [-0.3, -0.25) is 4.79 Å². The van der Waals surface area contributed by atoms with E-state index in [0.717, 1.165) is 31.2 Å². The third kappa shape index (κ3) is 10.3. The summed E-state index contributed by atoms with van der Waals surface area (Å²) < 4.78 is 10.5. The van der Waals surface area contributed by atoms with Gasteiger partial charge in [0.2, 0.25) is 5.91 Å². The highest BCUT2D eigenvalue weighted by Crippen LogP contribution is 2.06. The lowest BCUT2D eigenvalue weighted by Gasteiger charge is -2.22. The van der Waals surface area contributed by atoms with E-state index in [4.69, 9.17) is 9.47 Å². The molecule has 2 unspecified atom stereocenters. The second-order valence-corrected chi connectivity index (χ2v) is 7.27. The SMILES string of the molecule is CCCCCOC(=O)C(CCC)NC(=O)C(CCC)NC(=O)OCc1ccccc1. The predicted octanol–water partition coefficient (Wildman–Crippen LogP) is 4.10. The van der Waals surface area contributed by atoms with Crippen molar-refractivity contribution in [1.29, 1.82) is 0 Å². The molecule has 30 heavy (non-hydrogen) atoms. The quantitative estimate of drug-likeness (QED) is 0.349. The van der Waals surface area contributed by atoms with Crippen molar-refractivity contribution in [3.63, 3.8) is 0 Å². The highest BCUT2D eigenvalue weighted by Gasteiger charge is 2.27. The van der Waals surface area contributed by atoms with Gasteiger partial charge in [0, 0.05) is 0 Å². The molecule has 0 fully saturated rings. The third-order valence-electron chi connectivity index (χ3n) is 4.57. The van der Waals surface area contributed by atoms with E-state index in [9.17, 15) is 14.4 Å². The molecule has 0 saturated carbocycles. The molecule has 0 aliphatic rings. The Morgan fingerprint density at radius 3 is 2.13 bits per heavy atom. The Balaban J connectivity index is 2.59. The topological polar surface area (TPSA) is 93.7 Å². The van der Waals surface area contributed by atoms with Crippen LogP contribution in [0.5, 0.6) is 0 Å². The van der Waals surface area contributed by atoms with Gasteiger partial charge in [-0.15, -0.1) is 0 Å². The Morgan fingerprint density at radius 1 is 0.833 bits per heavy atom. The minimum atomic E-state index is -0.773. The Morgan fingerprint density at radius 2 is 1.50 bits per heavy atom. The molecule has 2 amide bonds. The standard InChI is InChI=1S/C23H36N2O5/c1-4-7-11-16-29-22(27)20(13-6-3)24-21(26)19(12-5-2)25-23(28)30-17-18-14-9-8-10-15-18/h8-10,14-15,19-20H,4-7,11-13,16-17H2,1-3H3,(H,24,26)(H,25,28). The van der Waals surface area contributed by atoms with Crippen LogP contribution in [0.1, 0.15) is 71.3 Å². The number of rotatable bonds is 14. The minimum absolute atomic E-state index is 0.121. The van der Waals surface area contributed by atoms with Crippen LogP contribution < -0.4 is 10.6 Å². The molecule has 0 heterocycles. The van der Waals surface area contributed by atoms with E-state index in [2.05, 4.69) is 17.6 Å². The summed E-state index contributed by atoms with van der Waals surface area (Å²) in [6.45, 7) is 6.41. The maximum Gasteiger partial charge on any atom is 0.408 e. The van der Waals surface area contributed by atoms with Crippen molar-refractivity contribution in [3.8, 4) is 0 Å². The highest BCUT2D eigenvalue weighted by molar-refractivity contribution is 5.89. The fourth-order valence-corrected chi connectivity index (χ4v) is 2.90. The van der Waals surface area contributed by atoms with Gasteiger partial charge in [0.25, 0.3) is 0 Å². The fourth-order valence-electron chi connectivity index (χ4n) is 2.90. The van der Waals surface area contributed by atoms with E-state index in [1.165, 1.54) is 0 Å². The van der Waals surface area contributed by atoms with Crippen LogP contribution in [0.25, 0.3) is 0 Å². The van der Waals surface area contributed by atoms with Crippen LogP contribution in [0, 0.1) is 0 Å². The van der Waals surface area contributed by atoms with Crippen LogP contribution in [0.15, 0.2) is 30.3 Å². The normalized spacial score (nSPS) is 12.5. The highest BCUT2D eigenvalue weighted by atomic mass is 16.5. The van der Waals surface area contributed by atoms with Crippen molar-refractivity contribution >= 4 is 18.0 Å². The zero-order valence-electron chi connectivity index (χ0n) is 18.4. The first-order chi connectivity index (χ1) is 14.5. The van der Waals surface area contributed by atoms with Crippen molar-refractivity contribution in [3.05, 3.63) is 35.9 Å². The van der Waals surface area contributed by atoms with Gasteiger partial charge >= 0.3 is 12.1 Å². The molecular formula is C23H36N2O5. The van der Waals surface area contributed by atoms with Crippen molar-refractivity contribution in [2.45, 2.75) is 84.4 Å². The summed E-state index contributed by atoms with van der Waals surface area (Å²) >= 11 is 0. The largest absolute Gasteiger partial charge is 0.464 e. The van der Waals surface area contributed by atoms with Crippen molar-refractivity contribution in [2.75, 3.05) is 6.61 Å². The zero-order chi connectivity index (χ0) is 22.2. The second-order valence-electron chi connectivity index (χ2n) is 7.27. The van der Waals surface area contributed by atoms with Crippen molar-refractivity contribution < 1.29 is 23.9 Å². The molecule has 0 aromatic heterocycles. The number of hydrogen-bond acceptors (Lipinski definition) is 5. The number of nitrogens with one attached hydrogen (secondary N) is 2. The number of hydrogen-bond donors (Lipinski definition) is 2. The van der Waals surface area contributed by atoms with E-state index >= 15 is 0 Å². The number of alkyl carbamates (subject to hydrolysis) is 1. The van der Waals surface area contributed by atoms with Crippen LogP contribution in [-0.4, -0.2) is 36.7 Å². The van der Waals surface area contributed by atoms with Gasteiger partial charge < -0.3 is 20.1 Å². The van der Waals surface area contributed by atoms with Crippen LogP contribution in [0.2, 0.25) is 0 Å². The van der Waals surface area contributed by atoms with Crippen molar-refractivity contribution in [1.82, 2.24) is 10.6 Å². The van der Waals surface area contributed by atoms with Crippen LogP contribution >= 0.6 is 0 Å². The van der Waals surface area contributed by atoms with Crippen LogP contribution in [0.3, 0.4) is 0 Å². The average molecular weight is 421 g/mol. The predicted molar refractivity (Wildman–Crippen MR) is 116 cm³/mol. The molecule has 1 rings (SSSR count). The molecule has 7 heteroatoms. The summed E-state index contributed by atoms with van der Waals surface area (Å²) in [5, 5.41) is 5.35. The lowest BCUT2D eigenvalue weighted by atomic mass is 10.1. The molecule has 0 spiro atoms. The van der Waals surface area contributed by atoms with E-state index in [1.807, 2.05) is 44.2 Å². The number of ether oxygens (including phenoxy) is 2. The number of amides is 2. The number of carbonyl (C=O) groups excluding carboxylic acids is 3. The molecule has 0 aliphatic heterocycles. The summed E-state index contributed by atoms with van der Waals surface area (Å²) in [5.74, 6) is -0.833. The Hall–Kier alpha value is -2.57. The van der Waals surface area contributed by atoms with Gasteiger partial charge in [0.1, 0.15) is 18.7 Å². The van der Waals surface area contributed by atoms with Gasteiger partial charge in [0.15, 0.2) is 0 Å². The molecule has 0 saturated heterocycles. The van der Waals surface area contributed by atoms with Crippen molar-refractivity contribution in [2.24, 2.45) is 0 Å². The summed E-state index contributed by atoms with van der Waals surface area (Å²) in [6.07, 6.45) is 4.51. The maximum absolute atomic E-state index is 12.7. The summed E-state index contributed by atoms with van der Waals surface area (Å²) in [5.41, 5.74) is 0.859. The maximum atomic E-state index is 12.7. The Labute approximate surface area is 179 Å². The molecule has 1 aromatic carbocycles. The Kier molecular flexibility index (Phi) is 13.0. The first kappa shape index (κ1) is 25.5. The smallest absolute Gasteiger partial charge is 0.408 e. The van der Waals surface area contributed by atoms with E-state index in [1.54, 1.807) is 0 Å². The van der Waals surface area contributed by atoms with Gasteiger partial charge in [-0.25, -0.2) is 9.59 Å². The van der Waals surface area contributed by atoms with E-state index in [-0.39, 0.29) is 6.61 Å². The number of benzene rings is 1. The lowest BCUT2D eigenvalue weighted by Crippen LogP contribution is -2.52. The second kappa shape index (κ2) is 15.3. The summed E-state index contributed by atoms with van der Waals surface area (Å²) in [4.78, 5) is 37.2. The monoisotopic (exact) mass is 420 g/mol. The van der Waals surface area contributed by atoms with Gasteiger partial charge in [0.05, 0.1) is 6.61 Å². The summed E-state index contributed by atoms with van der Waals surface area (Å²) in [6, 6.07) is 7.82. The third-order valence-corrected chi connectivity index (χ3v) is 4.57. The zero-order valence-corrected chi connectivity index (χ0v) is 18.4. The van der Waals surface area contributed by atoms with Gasteiger partial charge in [-0.1, -0.05) is 76.8 Å². The molecule has 7 nitrogen and oxygen atoms in total. The molecule has 168 valence electrons. The van der Waals surface area contributed by atoms with Gasteiger partial charge in [-0.2, -0.15) is 0 Å². The fraction of sp³-hybridized carbons (Fsp3) is 0.609. The van der Waals surface area contributed by atoms with Crippen LogP contribution in [-0.2, 0) is 25.7 Å². The van der Waals surface area contributed by atoms with E-state index in [0.29, 0.717) is 25.9 Å². The minimum Gasteiger partial charge on any atom is -0.464 e. The number of esters is 1. The number of unbranched alkanes of at least 4 members (excludes halogenated alkanes) is 2. The first-order valence-corrected chi connectivity index (χ1v) is 11.0. The molecular weight excluding hydrogens is 384 g/mol. The number of carbonyl (C=O) groups is 3. The summed E-state index contributed by atoms with van der Waals surface area (Å²) in [7, 11) is 0. The molecule has 1 aromatic rings. The molecule has 2 atom stereocenters. The molecule has 2 N–H and O–H groups in total. The Bertz CT molecular complexity index is 636. The first-order valence-electron chi connectivity index (χ1n) is 11.0. The average Bonchev–Trinajstić information content (AvgIpc) is 2.75. The molecule has 0 radical (unpaired) electrons. The lowest BCUT2D eigenvalue weighted by molar-refractivity contribution is -0.148. The van der Waals surface area contributed by atoms with Gasteiger partial charge in [-0.05, 0) is 24.8 Å². The molecule has 0 bridgehead atoms. The van der Waals surface area contributed by atoms with Crippen LogP contribution in [0.4, 0.5) is 4.79 Å².